The molecule has 1 aromatic rings. The maximum Gasteiger partial charge on any atom is 0.0329 e. The molecule has 2 rings (SSSR count). The summed E-state index contributed by atoms with van der Waals surface area (Å²) < 4.78 is 0. The number of benzene rings is 1. The van der Waals surface area contributed by atoms with Crippen LogP contribution in [-0.2, 0) is 0 Å². The Balaban J connectivity index is 1.80. The van der Waals surface area contributed by atoms with Gasteiger partial charge in [-0.3, -0.25) is 4.90 Å². The van der Waals surface area contributed by atoms with Crippen LogP contribution in [0, 0.1) is 6.92 Å². The molecule has 1 aliphatic rings. The number of nitrogens with zero attached hydrogens (tertiary/aromatic N) is 2. The van der Waals surface area contributed by atoms with Crippen molar-refractivity contribution in [3.63, 3.8) is 0 Å². The summed E-state index contributed by atoms with van der Waals surface area (Å²) in [6.07, 6.45) is 1.18. The molecule has 0 aliphatic carbocycles. The fourth-order valence-electron chi connectivity index (χ4n) is 3.09. The highest BCUT2D eigenvalue weighted by Gasteiger charge is 2.19. The molecule has 1 heterocycles. The maximum atomic E-state index is 3.47. The summed E-state index contributed by atoms with van der Waals surface area (Å²) in [5, 5.41) is 3.47. The molecule has 118 valence electrons. The van der Waals surface area contributed by atoms with Crippen molar-refractivity contribution in [1.29, 1.82) is 0 Å². The van der Waals surface area contributed by atoms with Crippen LogP contribution in [0.15, 0.2) is 24.3 Å². The highest BCUT2D eigenvalue weighted by Crippen LogP contribution is 2.18. The van der Waals surface area contributed by atoms with Gasteiger partial charge in [0.25, 0.3) is 0 Å². The van der Waals surface area contributed by atoms with E-state index in [9.17, 15) is 0 Å². The fourth-order valence-corrected chi connectivity index (χ4v) is 3.09. The van der Waals surface area contributed by atoms with Gasteiger partial charge < -0.3 is 10.2 Å². The molecule has 0 radical (unpaired) electrons. The predicted molar refractivity (Wildman–Crippen MR) is 90.7 cm³/mol. The van der Waals surface area contributed by atoms with Crippen LogP contribution in [0.4, 0.5) is 0 Å². The summed E-state index contributed by atoms with van der Waals surface area (Å²) in [4.78, 5) is 5.18. The van der Waals surface area contributed by atoms with Gasteiger partial charge in [-0.25, -0.2) is 0 Å². The SMILES string of the molecule is CNC(CCN1CCN(C(C)C)CC1)c1ccc(C)cc1. The van der Waals surface area contributed by atoms with Gasteiger partial charge in [0.05, 0.1) is 0 Å². The molecule has 0 spiro atoms. The van der Waals surface area contributed by atoms with E-state index in [1.165, 1.54) is 50.3 Å². The van der Waals surface area contributed by atoms with Crippen LogP contribution < -0.4 is 5.32 Å². The average Bonchev–Trinajstić information content (AvgIpc) is 2.50. The van der Waals surface area contributed by atoms with Crippen LogP contribution in [0.1, 0.15) is 37.4 Å². The molecule has 21 heavy (non-hydrogen) atoms. The zero-order valence-electron chi connectivity index (χ0n) is 14.1. The van der Waals surface area contributed by atoms with Gasteiger partial charge in [-0.05, 0) is 39.8 Å². The lowest BCUT2D eigenvalue weighted by Gasteiger charge is -2.37. The molecular weight excluding hydrogens is 258 g/mol. The Morgan fingerprint density at radius 1 is 1.05 bits per heavy atom. The minimum Gasteiger partial charge on any atom is -0.313 e. The molecule has 0 bridgehead atoms. The Labute approximate surface area is 130 Å². The molecule has 1 unspecified atom stereocenters. The smallest absolute Gasteiger partial charge is 0.0329 e. The number of nitrogens with one attached hydrogen (secondary N) is 1. The Bertz CT molecular complexity index is 405. The molecule has 3 heteroatoms. The Hall–Kier alpha value is -0.900. The normalized spacial score (nSPS) is 19.1. The highest BCUT2D eigenvalue weighted by atomic mass is 15.3. The third-order valence-corrected chi connectivity index (χ3v) is 4.70. The molecule has 1 atom stereocenters. The highest BCUT2D eigenvalue weighted by molar-refractivity contribution is 5.24. The second kappa shape index (κ2) is 7.92. The van der Waals surface area contributed by atoms with Crippen LogP contribution in [0.5, 0.6) is 0 Å². The summed E-state index contributed by atoms with van der Waals surface area (Å²) in [5.74, 6) is 0. The van der Waals surface area contributed by atoms with Crippen molar-refractivity contribution >= 4 is 0 Å². The average molecular weight is 289 g/mol. The number of hydrogen-bond donors (Lipinski definition) is 1. The molecule has 0 amide bonds. The van der Waals surface area contributed by atoms with Crippen LogP contribution in [0.25, 0.3) is 0 Å². The molecule has 1 fully saturated rings. The van der Waals surface area contributed by atoms with Gasteiger partial charge in [0, 0.05) is 44.8 Å². The Morgan fingerprint density at radius 2 is 1.67 bits per heavy atom. The molecule has 1 saturated heterocycles. The summed E-state index contributed by atoms with van der Waals surface area (Å²) in [6, 6.07) is 10.1. The van der Waals surface area contributed by atoms with E-state index in [0.717, 1.165) is 0 Å². The largest absolute Gasteiger partial charge is 0.313 e. The molecular formula is C18H31N3. The van der Waals surface area contributed by atoms with E-state index in [0.29, 0.717) is 12.1 Å². The summed E-state index contributed by atoms with van der Waals surface area (Å²) in [6.45, 7) is 12.8. The number of hydrogen-bond acceptors (Lipinski definition) is 3. The van der Waals surface area contributed by atoms with E-state index >= 15 is 0 Å². The van der Waals surface area contributed by atoms with Crippen LogP contribution in [0.2, 0.25) is 0 Å². The summed E-state index contributed by atoms with van der Waals surface area (Å²) in [7, 11) is 2.07. The van der Waals surface area contributed by atoms with Crippen LogP contribution in [-0.4, -0.2) is 55.6 Å². The maximum absolute atomic E-state index is 3.47. The standard InChI is InChI=1S/C18H31N3/c1-15(2)21-13-11-20(12-14-21)10-9-18(19-4)17-7-5-16(3)6-8-17/h5-8,15,18-19H,9-14H2,1-4H3. The minimum atomic E-state index is 0.466. The summed E-state index contributed by atoms with van der Waals surface area (Å²) in [5.41, 5.74) is 2.74. The number of rotatable bonds is 6. The van der Waals surface area contributed by atoms with Crippen LogP contribution in [0.3, 0.4) is 0 Å². The van der Waals surface area contributed by atoms with Crippen LogP contribution >= 0.6 is 0 Å². The fraction of sp³-hybridized carbons (Fsp3) is 0.667. The van der Waals surface area contributed by atoms with Gasteiger partial charge in [0.15, 0.2) is 0 Å². The second-order valence-electron chi connectivity index (χ2n) is 6.51. The van der Waals surface area contributed by atoms with Crippen molar-refractivity contribution in [3.05, 3.63) is 35.4 Å². The summed E-state index contributed by atoms with van der Waals surface area (Å²) >= 11 is 0. The van der Waals surface area contributed by atoms with E-state index in [1.807, 2.05) is 0 Å². The Morgan fingerprint density at radius 3 is 2.19 bits per heavy atom. The van der Waals surface area contributed by atoms with Crippen molar-refractivity contribution in [1.82, 2.24) is 15.1 Å². The van der Waals surface area contributed by atoms with Gasteiger partial charge in [0.1, 0.15) is 0 Å². The predicted octanol–water partition coefficient (Wildman–Crippen LogP) is 2.67. The third kappa shape index (κ3) is 4.80. The van der Waals surface area contributed by atoms with Gasteiger partial charge >= 0.3 is 0 Å². The first-order valence-corrected chi connectivity index (χ1v) is 8.30. The van der Waals surface area contributed by atoms with E-state index in [1.54, 1.807) is 0 Å². The topological polar surface area (TPSA) is 18.5 Å². The van der Waals surface area contributed by atoms with Crippen molar-refractivity contribution in [3.8, 4) is 0 Å². The zero-order valence-corrected chi connectivity index (χ0v) is 14.1. The van der Waals surface area contributed by atoms with Crippen molar-refractivity contribution in [2.75, 3.05) is 39.8 Å². The lowest BCUT2D eigenvalue weighted by Crippen LogP contribution is -2.49. The number of piperazine rings is 1. The van der Waals surface area contributed by atoms with Gasteiger partial charge in [-0.1, -0.05) is 29.8 Å². The first-order valence-electron chi connectivity index (χ1n) is 8.30. The second-order valence-corrected chi connectivity index (χ2v) is 6.51. The monoisotopic (exact) mass is 289 g/mol. The lowest BCUT2D eigenvalue weighted by atomic mass is 10.0. The van der Waals surface area contributed by atoms with Gasteiger partial charge in [-0.15, -0.1) is 0 Å². The van der Waals surface area contributed by atoms with E-state index in [2.05, 4.69) is 67.2 Å². The molecule has 1 aromatic carbocycles. The molecule has 3 nitrogen and oxygen atoms in total. The molecule has 0 aromatic heterocycles. The molecule has 1 aliphatic heterocycles. The van der Waals surface area contributed by atoms with Gasteiger partial charge in [-0.2, -0.15) is 0 Å². The van der Waals surface area contributed by atoms with E-state index in [-0.39, 0.29) is 0 Å². The van der Waals surface area contributed by atoms with E-state index < -0.39 is 0 Å². The van der Waals surface area contributed by atoms with Crippen molar-refractivity contribution in [2.24, 2.45) is 0 Å². The number of aryl methyl sites for hydroxylation is 1. The minimum absolute atomic E-state index is 0.466. The quantitative estimate of drug-likeness (QED) is 0.868. The lowest BCUT2D eigenvalue weighted by molar-refractivity contribution is 0.105. The molecule has 1 N–H and O–H groups in total. The first kappa shape index (κ1) is 16.5. The van der Waals surface area contributed by atoms with Gasteiger partial charge in [0.2, 0.25) is 0 Å². The van der Waals surface area contributed by atoms with Crippen molar-refractivity contribution in [2.45, 2.75) is 39.3 Å². The zero-order chi connectivity index (χ0) is 15.2. The van der Waals surface area contributed by atoms with E-state index in [4.69, 9.17) is 0 Å². The third-order valence-electron chi connectivity index (χ3n) is 4.70. The Kier molecular flexibility index (Phi) is 6.22. The molecule has 0 saturated carbocycles. The van der Waals surface area contributed by atoms with Crippen molar-refractivity contribution < 1.29 is 0 Å². The first-order chi connectivity index (χ1) is 10.1.